The van der Waals surface area contributed by atoms with E-state index in [0.29, 0.717) is 37.8 Å². The quantitative estimate of drug-likeness (QED) is 0.269. The van der Waals surface area contributed by atoms with Gasteiger partial charge in [-0.15, -0.1) is 0 Å². The molecule has 2 aromatic heterocycles. The number of aromatic nitrogens is 2. The smallest absolute Gasteiger partial charge is 0.267 e. The zero-order chi connectivity index (χ0) is 26.2. The van der Waals surface area contributed by atoms with Gasteiger partial charge in [0, 0.05) is 12.2 Å². The van der Waals surface area contributed by atoms with Crippen molar-refractivity contribution in [3.63, 3.8) is 0 Å². The Labute approximate surface area is 227 Å². The van der Waals surface area contributed by atoms with Crippen LogP contribution in [0.15, 0.2) is 82.6 Å². The third-order valence-corrected chi connectivity index (χ3v) is 7.73. The molecule has 0 bridgehead atoms. The standard InChI is InChI=1S/C28H22N4O4S2/c1-17(19-7-3-2-4-8-19)29-25-20(26(33)31-12-6-5-9-24(31)30-25)14-23-27(34)32(28(37)38-23)15-18-10-11-21-22(13-18)36-16-35-21/h2-14,17,29H,15-16H2,1H3/b23-14-. The Kier molecular flexibility index (Phi) is 6.34. The molecule has 6 rings (SSSR count). The van der Waals surface area contributed by atoms with E-state index in [4.69, 9.17) is 26.7 Å². The van der Waals surface area contributed by atoms with E-state index in [9.17, 15) is 9.59 Å². The molecule has 1 fully saturated rings. The molecule has 2 aromatic carbocycles. The largest absolute Gasteiger partial charge is 0.454 e. The minimum atomic E-state index is -0.278. The molecule has 4 heterocycles. The Hall–Kier alpha value is -4.15. The van der Waals surface area contributed by atoms with Crippen molar-refractivity contribution in [1.29, 1.82) is 0 Å². The summed E-state index contributed by atoms with van der Waals surface area (Å²) in [4.78, 5) is 33.6. The predicted octanol–water partition coefficient (Wildman–Crippen LogP) is 5.00. The lowest BCUT2D eigenvalue weighted by atomic mass is 10.1. The van der Waals surface area contributed by atoms with Crippen molar-refractivity contribution < 1.29 is 14.3 Å². The second-order valence-electron chi connectivity index (χ2n) is 8.84. The second kappa shape index (κ2) is 9.96. The average Bonchev–Trinajstić information content (AvgIpc) is 3.51. The lowest BCUT2D eigenvalue weighted by Gasteiger charge is -2.17. The van der Waals surface area contributed by atoms with E-state index in [-0.39, 0.29) is 30.8 Å². The highest BCUT2D eigenvalue weighted by Crippen LogP contribution is 2.37. The van der Waals surface area contributed by atoms with Crippen LogP contribution in [-0.2, 0) is 11.3 Å². The number of thiocarbonyl (C=S) groups is 1. The van der Waals surface area contributed by atoms with Crippen LogP contribution in [0.3, 0.4) is 0 Å². The number of hydrogen-bond donors (Lipinski definition) is 1. The van der Waals surface area contributed by atoms with Crippen molar-refractivity contribution in [3.8, 4) is 11.5 Å². The predicted molar refractivity (Wildman–Crippen MR) is 151 cm³/mol. The lowest BCUT2D eigenvalue weighted by molar-refractivity contribution is -0.122. The molecule has 190 valence electrons. The van der Waals surface area contributed by atoms with Gasteiger partial charge in [-0.05, 0) is 48.4 Å². The molecule has 4 aromatic rings. The van der Waals surface area contributed by atoms with E-state index in [1.807, 2.05) is 61.5 Å². The fourth-order valence-electron chi connectivity index (χ4n) is 4.36. The highest BCUT2D eigenvalue weighted by Gasteiger charge is 2.33. The van der Waals surface area contributed by atoms with Gasteiger partial charge in [-0.25, -0.2) is 4.98 Å². The van der Waals surface area contributed by atoms with Gasteiger partial charge in [0.1, 0.15) is 15.8 Å². The van der Waals surface area contributed by atoms with Crippen LogP contribution in [0, 0.1) is 0 Å². The molecule has 0 radical (unpaired) electrons. The number of amides is 1. The third kappa shape index (κ3) is 4.52. The molecule has 1 atom stereocenters. The summed E-state index contributed by atoms with van der Waals surface area (Å²) in [5, 5.41) is 3.37. The topological polar surface area (TPSA) is 85.2 Å². The Morgan fingerprint density at radius 3 is 2.71 bits per heavy atom. The number of fused-ring (bicyclic) bond motifs is 2. The first-order valence-corrected chi connectivity index (χ1v) is 13.2. The van der Waals surface area contributed by atoms with Crippen LogP contribution in [-0.4, -0.2) is 31.3 Å². The number of ether oxygens (including phenoxy) is 2. The van der Waals surface area contributed by atoms with Crippen LogP contribution in [0.5, 0.6) is 11.5 Å². The summed E-state index contributed by atoms with van der Waals surface area (Å²) in [6.07, 6.45) is 3.25. The van der Waals surface area contributed by atoms with Crippen molar-refractivity contribution in [2.45, 2.75) is 19.5 Å². The van der Waals surface area contributed by atoms with Crippen molar-refractivity contribution in [2.75, 3.05) is 12.1 Å². The number of hydrogen-bond acceptors (Lipinski definition) is 8. The summed E-state index contributed by atoms with van der Waals surface area (Å²) >= 11 is 6.71. The number of nitrogens with zero attached hydrogens (tertiary/aromatic N) is 3. The van der Waals surface area contributed by atoms with Gasteiger partial charge in [0.2, 0.25) is 6.79 Å². The van der Waals surface area contributed by atoms with Crippen molar-refractivity contribution in [1.82, 2.24) is 14.3 Å². The maximum Gasteiger partial charge on any atom is 0.267 e. The van der Waals surface area contributed by atoms with Crippen molar-refractivity contribution in [2.24, 2.45) is 0 Å². The number of rotatable bonds is 6. The Balaban J connectivity index is 1.35. The molecule has 38 heavy (non-hydrogen) atoms. The van der Waals surface area contributed by atoms with Gasteiger partial charge < -0.3 is 14.8 Å². The highest BCUT2D eigenvalue weighted by molar-refractivity contribution is 8.26. The van der Waals surface area contributed by atoms with Crippen molar-refractivity contribution >= 4 is 51.7 Å². The van der Waals surface area contributed by atoms with Gasteiger partial charge in [0.15, 0.2) is 11.5 Å². The van der Waals surface area contributed by atoms with Gasteiger partial charge in [-0.3, -0.25) is 18.9 Å². The summed E-state index contributed by atoms with van der Waals surface area (Å²) in [5.41, 5.74) is 2.43. The van der Waals surface area contributed by atoms with Crippen LogP contribution in [0.1, 0.15) is 29.7 Å². The van der Waals surface area contributed by atoms with Gasteiger partial charge in [0.05, 0.1) is 17.0 Å². The van der Waals surface area contributed by atoms with Crippen LogP contribution >= 0.6 is 24.0 Å². The SMILES string of the molecule is CC(Nc1nc2ccccn2c(=O)c1/C=C1\SC(=S)N(Cc2ccc3c(c2)OCO3)C1=O)c1ccccc1. The highest BCUT2D eigenvalue weighted by atomic mass is 32.2. The molecule has 0 aliphatic carbocycles. The first-order chi connectivity index (χ1) is 18.5. The second-order valence-corrected chi connectivity index (χ2v) is 10.5. The molecule has 0 spiro atoms. The molecular formula is C28H22N4O4S2. The fourth-order valence-corrected chi connectivity index (χ4v) is 5.60. The van der Waals surface area contributed by atoms with E-state index in [2.05, 4.69) is 5.32 Å². The van der Waals surface area contributed by atoms with Crippen LogP contribution in [0.25, 0.3) is 11.7 Å². The fraction of sp³-hybridized carbons (Fsp3) is 0.143. The van der Waals surface area contributed by atoms with Crippen LogP contribution in [0.2, 0.25) is 0 Å². The third-order valence-electron chi connectivity index (χ3n) is 6.35. The zero-order valence-corrected chi connectivity index (χ0v) is 21.9. The van der Waals surface area contributed by atoms with E-state index >= 15 is 0 Å². The number of benzene rings is 2. The molecule has 1 saturated heterocycles. The molecule has 8 nitrogen and oxygen atoms in total. The van der Waals surface area contributed by atoms with Gasteiger partial charge in [-0.1, -0.05) is 66.4 Å². The number of carbonyl (C=O) groups excluding carboxylic acids is 1. The summed E-state index contributed by atoms with van der Waals surface area (Å²) in [7, 11) is 0. The molecule has 1 unspecified atom stereocenters. The number of anilines is 1. The minimum absolute atomic E-state index is 0.123. The Morgan fingerprint density at radius 2 is 1.87 bits per heavy atom. The molecule has 0 saturated carbocycles. The first-order valence-electron chi connectivity index (χ1n) is 11.9. The number of carbonyl (C=O) groups is 1. The summed E-state index contributed by atoms with van der Waals surface area (Å²) in [6, 6.07) is 20.7. The normalized spacial score (nSPS) is 16.4. The summed E-state index contributed by atoms with van der Waals surface area (Å²) < 4.78 is 12.7. The monoisotopic (exact) mass is 542 g/mol. The van der Waals surface area contributed by atoms with E-state index < -0.39 is 0 Å². The molecule has 10 heteroatoms. The van der Waals surface area contributed by atoms with Crippen molar-refractivity contribution in [3.05, 3.63) is 105 Å². The molecular weight excluding hydrogens is 520 g/mol. The summed E-state index contributed by atoms with van der Waals surface area (Å²) in [6.45, 7) is 2.46. The van der Waals surface area contributed by atoms with E-state index in [0.717, 1.165) is 11.1 Å². The van der Waals surface area contributed by atoms with Gasteiger partial charge in [-0.2, -0.15) is 0 Å². The Morgan fingerprint density at radius 1 is 1.08 bits per heavy atom. The molecule has 1 N–H and O–H groups in total. The molecule has 2 aliphatic rings. The number of thioether (sulfide) groups is 1. The number of nitrogens with one attached hydrogen (secondary N) is 1. The van der Waals surface area contributed by atoms with E-state index in [1.54, 1.807) is 24.4 Å². The van der Waals surface area contributed by atoms with E-state index in [1.165, 1.54) is 21.1 Å². The van der Waals surface area contributed by atoms with Gasteiger partial charge in [0.25, 0.3) is 11.5 Å². The minimum Gasteiger partial charge on any atom is -0.454 e. The maximum atomic E-state index is 13.6. The number of pyridine rings is 1. The first kappa shape index (κ1) is 24.2. The maximum absolute atomic E-state index is 13.6. The zero-order valence-electron chi connectivity index (χ0n) is 20.3. The Bertz CT molecular complexity index is 1670. The average molecular weight is 543 g/mol. The molecule has 2 aliphatic heterocycles. The van der Waals surface area contributed by atoms with Crippen LogP contribution < -0.4 is 20.3 Å². The lowest BCUT2D eigenvalue weighted by Crippen LogP contribution is -2.27. The van der Waals surface area contributed by atoms with Gasteiger partial charge >= 0.3 is 0 Å². The summed E-state index contributed by atoms with van der Waals surface area (Å²) in [5.74, 6) is 1.45. The molecule has 1 amide bonds. The van der Waals surface area contributed by atoms with Crippen LogP contribution in [0.4, 0.5) is 5.82 Å².